The molecule has 0 bridgehead atoms. The molecule has 0 aliphatic carbocycles. The van der Waals surface area contributed by atoms with E-state index in [1.54, 1.807) is 0 Å². The minimum absolute atomic E-state index is 0.768. The number of rotatable bonds is 0. The molecule has 2 aliphatic heterocycles. The summed E-state index contributed by atoms with van der Waals surface area (Å²) < 4.78 is 1.15. The zero-order chi connectivity index (χ0) is 12.1. The Morgan fingerprint density at radius 1 is 1.28 bits per heavy atom. The van der Waals surface area contributed by atoms with E-state index in [-0.39, 0.29) is 0 Å². The summed E-state index contributed by atoms with van der Waals surface area (Å²) in [6.07, 6.45) is 7.28. The molecule has 1 saturated heterocycles. The van der Waals surface area contributed by atoms with Gasteiger partial charge < -0.3 is 4.90 Å². The van der Waals surface area contributed by atoms with Crippen LogP contribution in [0.4, 0.5) is 5.69 Å². The summed E-state index contributed by atoms with van der Waals surface area (Å²) in [5, 5.41) is 1.33. The number of hydrogen-bond donors (Lipinski definition) is 0. The summed E-state index contributed by atoms with van der Waals surface area (Å²) in [6, 6.07) is 7.17. The smallest absolute Gasteiger partial charge is 0.0707 e. The summed E-state index contributed by atoms with van der Waals surface area (Å²) >= 11 is 3.58. The van der Waals surface area contributed by atoms with Gasteiger partial charge in [-0.05, 0) is 49.4 Å². The van der Waals surface area contributed by atoms with Crippen molar-refractivity contribution in [3.8, 4) is 0 Å². The third-order valence-corrected chi connectivity index (χ3v) is 4.83. The van der Waals surface area contributed by atoms with Crippen molar-refractivity contribution in [1.82, 2.24) is 4.98 Å². The average Bonchev–Trinajstić information content (AvgIpc) is 2.86. The van der Waals surface area contributed by atoms with Crippen molar-refractivity contribution in [1.29, 1.82) is 0 Å². The van der Waals surface area contributed by atoms with Crippen LogP contribution >= 0.6 is 15.9 Å². The fourth-order valence-electron chi connectivity index (χ4n) is 3.48. The number of pyridine rings is 1. The number of anilines is 1. The highest BCUT2D eigenvalue weighted by Gasteiger charge is 2.31. The predicted molar refractivity (Wildman–Crippen MR) is 78.1 cm³/mol. The summed E-state index contributed by atoms with van der Waals surface area (Å²) in [7, 11) is 0. The number of hydrogen-bond acceptors (Lipinski definition) is 2. The van der Waals surface area contributed by atoms with E-state index in [0.29, 0.717) is 0 Å². The highest BCUT2D eigenvalue weighted by molar-refractivity contribution is 9.10. The number of halogens is 1. The zero-order valence-electron chi connectivity index (χ0n) is 10.2. The molecule has 0 radical (unpaired) electrons. The molecule has 1 unspecified atom stereocenters. The maximum absolute atomic E-state index is 4.63. The standard InChI is InChI=1S/C15H15BrN2/c16-10-3-6-14-13(8-10)12-5-4-11-2-1-7-18(11)15(12)9-17-14/h3,6,8-9,11H,1-2,4-5,7H2. The molecule has 92 valence electrons. The maximum Gasteiger partial charge on any atom is 0.0707 e. The lowest BCUT2D eigenvalue weighted by Gasteiger charge is -2.33. The molecule has 1 aromatic carbocycles. The van der Waals surface area contributed by atoms with Gasteiger partial charge in [0.2, 0.25) is 0 Å². The highest BCUT2D eigenvalue weighted by Crippen LogP contribution is 2.39. The van der Waals surface area contributed by atoms with E-state index in [1.165, 1.54) is 48.9 Å². The predicted octanol–water partition coefficient (Wildman–Crippen LogP) is 3.91. The van der Waals surface area contributed by atoms with Crippen molar-refractivity contribution in [3.05, 3.63) is 34.4 Å². The summed E-state index contributed by atoms with van der Waals surface area (Å²) in [5.41, 5.74) is 4.00. The minimum atomic E-state index is 0.768. The first-order chi connectivity index (χ1) is 8.83. The molecule has 0 spiro atoms. The van der Waals surface area contributed by atoms with Gasteiger partial charge in [0.15, 0.2) is 0 Å². The van der Waals surface area contributed by atoms with Crippen LogP contribution < -0.4 is 4.90 Å². The molecular formula is C15H15BrN2. The molecule has 4 rings (SSSR count). The Morgan fingerprint density at radius 2 is 2.22 bits per heavy atom. The van der Waals surface area contributed by atoms with E-state index in [9.17, 15) is 0 Å². The van der Waals surface area contributed by atoms with Crippen LogP contribution in [0.15, 0.2) is 28.9 Å². The second-order valence-corrected chi connectivity index (χ2v) is 6.23. The molecule has 18 heavy (non-hydrogen) atoms. The topological polar surface area (TPSA) is 16.1 Å². The van der Waals surface area contributed by atoms with Crippen LogP contribution in [0, 0.1) is 0 Å². The SMILES string of the molecule is Brc1ccc2ncc3c(c2c1)CCC1CCCN31. The first-order valence-electron chi connectivity index (χ1n) is 6.67. The summed E-state index contributed by atoms with van der Waals surface area (Å²) in [5.74, 6) is 0. The molecule has 0 amide bonds. The van der Waals surface area contributed by atoms with Crippen molar-refractivity contribution in [2.45, 2.75) is 31.7 Å². The van der Waals surface area contributed by atoms with Crippen molar-refractivity contribution in [3.63, 3.8) is 0 Å². The lowest BCUT2D eigenvalue weighted by atomic mass is 9.94. The van der Waals surface area contributed by atoms with Gasteiger partial charge in [-0.25, -0.2) is 0 Å². The largest absolute Gasteiger partial charge is 0.367 e. The van der Waals surface area contributed by atoms with E-state index in [0.717, 1.165) is 16.0 Å². The second-order valence-electron chi connectivity index (χ2n) is 5.31. The molecule has 3 heterocycles. The van der Waals surface area contributed by atoms with Crippen LogP contribution in [0.25, 0.3) is 10.9 Å². The number of fused-ring (bicyclic) bond motifs is 5. The van der Waals surface area contributed by atoms with Gasteiger partial charge in [-0.1, -0.05) is 15.9 Å². The van der Waals surface area contributed by atoms with Crippen molar-refractivity contribution in [2.24, 2.45) is 0 Å². The van der Waals surface area contributed by atoms with Gasteiger partial charge in [0, 0.05) is 22.4 Å². The van der Waals surface area contributed by atoms with Gasteiger partial charge in [-0.3, -0.25) is 4.98 Å². The first-order valence-corrected chi connectivity index (χ1v) is 7.46. The number of aryl methyl sites for hydroxylation is 1. The van der Waals surface area contributed by atoms with Crippen molar-refractivity contribution >= 4 is 32.5 Å². The number of nitrogens with zero attached hydrogens (tertiary/aromatic N) is 2. The minimum Gasteiger partial charge on any atom is -0.367 e. The Bertz CT molecular complexity index is 623. The monoisotopic (exact) mass is 302 g/mol. The molecule has 2 aromatic rings. The van der Waals surface area contributed by atoms with Crippen LogP contribution in [-0.4, -0.2) is 17.6 Å². The van der Waals surface area contributed by atoms with Crippen LogP contribution in [0.2, 0.25) is 0 Å². The normalized spacial score (nSPS) is 22.1. The number of benzene rings is 1. The van der Waals surface area contributed by atoms with E-state index in [4.69, 9.17) is 0 Å². The Balaban J connectivity index is 1.97. The molecule has 0 saturated carbocycles. The molecule has 2 aliphatic rings. The van der Waals surface area contributed by atoms with Crippen LogP contribution in [-0.2, 0) is 6.42 Å². The molecule has 1 fully saturated rings. The molecule has 0 N–H and O–H groups in total. The van der Waals surface area contributed by atoms with Gasteiger partial charge in [0.05, 0.1) is 17.4 Å². The molecule has 3 heteroatoms. The van der Waals surface area contributed by atoms with Crippen LogP contribution in [0.3, 0.4) is 0 Å². The van der Waals surface area contributed by atoms with Gasteiger partial charge in [0.25, 0.3) is 0 Å². The average molecular weight is 303 g/mol. The van der Waals surface area contributed by atoms with E-state index in [2.05, 4.69) is 50.2 Å². The quantitative estimate of drug-likeness (QED) is 0.733. The van der Waals surface area contributed by atoms with Gasteiger partial charge >= 0.3 is 0 Å². The summed E-state index contributed by atoms with van der Waals surface area (Å²) in [4.78, 5) is 7.21. The maximum atomic E-state index is 4.63. The highest BCUT2D eigenvalue weighted by atomic mass is 79.9. The van der Waals surface area contributed by atoms with Crippen molar-refractivity contribution < 1.29 is 0 Å². The van der Waals surface area contributed by atoms with Crippen LogP contribution in [0.5, 0.6) is 0 Å². The van der Waals surface area contributed by atoms with Crippen LogP contribution in [0.1, 0.15) is 24.8 Å². The van der Waals surface area contributed by atoms with Gasteiger partial charge in [0.1, 0.15) is 0 Å². The van der Waals surface area contributed by atoms with E-state index < -0.39 is 0 Å². The number of aromatic nitrogens is 1. The molecular weight excluding hydrogens is 288 g/mol. The van der Waals surface area contributed by atoms with Gasteiger partial charge in [-0.2, -0.15) is 0 Å². The van der Waals surface area contributed by atoms with E-state index in [1.807, 2.05) is 0 Å². The lowest BCUT2D eigenvalue weighted by Crippen LogP contribution is -2.34. The Labute approximate surface area is 115 Å². The summed E-state index contributed by atoms with van der Waals surface area (Å²) in [6.45, 7) is 1.21. The second kappa shape index (κ2) is 3.95. The van der Waals surface area contributed by atoms with Gasteiger partial charge in [-0.15, -0.1) is 0 Å². The molecule has 2 nitrogen and oxygen atoms in total. The Kier molecular flexibility index (Phi) is 2.37. The lowest BCUT2D eigenvalue weighted by molar-refractivity contribution is 0.587. The zero-order valence-corrected chi connectivity index (χ0v) is 11.8. The fraction of sp³-hybridized carbons (Fsp3) is 0.400. The Morgan fingerprint density at radius 3 is 3.17 bits per heavy atom. The molecule has 1 aromatic heterocycles. The van der Waals surface area contributed by atoms with Crippen molar-refractivity contribution in [2.75, 3.05) is 11.4 Å². The third kappa shape index (κ3) is 1.50. The molecule has 1 atom stereocenters. The third-order valence-electron chi connectivity index (χ3n) is 4.33. The first kappa shape index (κ1) is 10.8. The van der Waals surface area contributed by atoms with E-state index >= 15 is 0 Å². The fourth-order valence-corrected chi connectivity index (χ4v) is 3.84. The Hall–Kier alpha value is -1.09.